The second kappa shape index (κ2) is 44.7. The molecule has 2 heterocycles. The monoisotopic (exact) mass is 1540 g/mol. The first-order valence-electron chi connectivity index (χ1n) is 37.3. The number of halogens is 2. The minimum absolute atomic E-state index is 0.00933. The van der Waals surface area contributed by atoms with Crippen LogP contribution in [-0.2, 0) is 149 Å². The molecule has 2 aliphatic rings. The van der Waals surface area contributed by atoms with E-state index in [-0.39, 0.29) is 91.3 Å². The van der Waals surface area contributed by atoms with Gasteiger partial charge >= 0.3 is 13.8 Å². The van der Waals surface area contributed by atoms with Crippen molar-refractivity contribution in [3.8, 4) is 0 Å². The molecule has 2 fully saturated rings. The molecule has 1 N–H and O–H groups in total. The van der Waals surface area contributed by atoms with E-state index in [1.807, 2.05) is 243 Å². The summed E-state index contributed by atoms with van der Waals surface area (Å²) in [4.78, 5) is 25.3. The molecule has 11 rings (SSSR count). The maximum absolute atomic E-state index is 19.2. The Morgan fingerprint density at radius 1 is 0.450 bits per heavy atom. The van der Waals surface area contributed by atoms with Gasteiger partial charge in [-0.1, -0.05) is 273 Å². The van der Waals surface area contributed by atoms with Gasteiger partial charge in [0.2, 0.25) is 0 Å². The zero-order valence-corrected chi connectivity index (χ0v) is 62.9. The van der Waals surface area contributed by atoms with Gasteiger partial charge in [-0.25, -0.2) is 13.3 Å². The number of hydrogen-bond donors (Lipinski definition) is 1. The highest BCUT2D eigenvalue weighted by atomic mass is 31.2. The number of ether oxygens (including phenoxy) is 13. The molecule has 14 atom stereocenters. The number of ketones is 1. The van der Waals surface area contributed by atoms with Crippen molar-refractivity contribution in [2.24, 2.45) is 0 Å². The quantitative estimate of drug-likeness (QED) is 0.0277. The lowest BCUT2D eigenvalue weighted by Gasteiger charge is -2.36. The van der Waals surface area contributed by atoms with Crippen molar-refractivity contribution in [1.29, 1.82) is 0 Å². The summed E-state index contributed by atoms with van der Waals surface area (Å²) in [6, 6.07) is 83.3. The molecular formula is C88H97F2O20P. The molecule has 0 amide bonds. The Balaban J connectivity index is 0.939. The predicted molar refractivity (Wildman–Crippen MR) is 408 cm³/mol. The van der Waals surface area contributed by atoms with Gasteiger partial charge in [-0.05, 0) is 57.0 Å². The van der Waals surface area contributed by atoms with Crippen molar-refractivity contribution < 1.29 is 103 Å². The average molecular weight is 1540 g/mol. The van der Waals surface area contributed by atoms with E-state index in [1.54, 1.807) is 30.3 Å². The molecule has 9 aromatic rings. The Labute approximate surface area is 647 Å². The molecule has 0 radical (unpaired) electrons. The molecule has 0 bridgehead atoms. The van der Waals surface area contributed by atoms with E-state index in [4.69, 9.17) is 75.2 Å². The summed E-state index contributed by atoms with van der Waals surface area (Å²) in [6.45, 7) is -2.64. The summed E-state index contributed by atoms with van der Waals surface area (Å²) in [5.74, 6) is -4.08. The summed E-state index contributed by atoms with van der Waals surface area (Å²) in [5, 5.41) is 11.3. The lowest BCUT2D eigenvalue weighted by Crippen LogP contribution is -2.51. The van der Waals surface area contributed by atoms with E-state index in [2.05, 4.69) is 0 Å². The molecule has 0 aromatic heterocycles. The summed E-state index contributed by atoms with van der Waals surface area (Å²) in [7, 11) is -5.24. The fourth-order valence-corrected chi connectivity index (χ4v) is 13.8. The van der Waals surface area contributed by atoms with E-state index in [9.17, 15) is 14.7 Å². The third-order valence-electron chi connectivity index (χ3n) is 18.5. The van der Waals surface area contributed by atoms with Crippen molar-refractivity contribution in [2.45, 2.75) is 159 Å². The number of benzene rings is 9. The number of carbonyl (C=O) groups excluding carboxylic acids is 2. The molecule has 111 heavy (non-hydrogen) atoms. The summed E-state index contributed by atoms with van der Waals surface area (Å²) in [6.07, 6.45) is -17.5. The SMILES string of the molecule is CC(=O)CCC(=O)O[C@@H]1[C@H](F)[C@H](OCC(OCc2ccccc2)C(OCc2ccccc2)C(COP(=O)(OCc2ccccc2)O[C@H]2[C@@H](COCc3ccccc3)OC[C@@]2(F)OCC(OCc2ccccc2)C(OCc2ccccc2)C(CO)OCc2ccccc2)OCc2ccccc2)O[C@@H]1COCc1ccccc1. The maximum Gasteiger partial charge on any atom is 0.475 e. The van der Waals surface area contributed by atoms with Crippen LogP contribution >= 0.6 is 7.82 Å². The van der Waals surface area contributed by atoms with Crippen LogP contribution in [-0.4, -0.2) is 142 Å². The van der Waals surface area contributed by atoms with Gasteiger partial charge in [0.15, 0.2) is 24.7 Å². The van der Waals surface area contributed by atoms with Crippen LogP contribution in [0.15, 0.2) is 273 Å². The van der Waals surface area contributed by atoms with Crippen LogP contribution in [0.25, 0.3) is 0 Å². The van der Waals surface area contributed by atoms with Crippen molar-refractivity contribution >= 4 is 19.6 Å². The second-order valence-corrected chi connectivity index (χ2v) is 28.6. The van der Waals surface area contributed by atoms with Crippen molar-refractivity contribution in [1.82, 2.24) is 0 Å². The number of aliphatic hydroxyl groups is 1. The van der Waals surface area contributed by atoms with Crippen LogP contribution in [0.1, 0.15) is 69.8 Å². The van der Waals surface area contributed by atoms with Crippen LogP contribution in [0, 0.1) is 0 Å². The van der Waals surface area contributed by atoms with Crippen LogP contribution in [0.2, 0.25) is 0 Å². The number of hydrogen-bond acceptors (Lipinski definition) is 20. The highest BCUT2D eigenvalue weighted by Gasteiger charge is 2.58. The minimum atomic E-state index is -5.24. The molecule has 0 spiro atoms. The number of rotatable bonds is 49. The van der Waals surface area contributed by atoms with Gasteiger partial charge in [0, 0.05) is 6.42 Å². The molecular weight excluding hydrogens is 1450 g/mol. The highest BCUT2D eigenvalue weighted by molar-refractivity contribution is 7.48. The van der Waals surface area contributed by atoms with Gasteiger partial charge in [0.05, 0.1) is 106 Å². The normalized spacial score (nSPS) is 20.5. The number of phosphoric acid groups is 1. The van der Waals surface area contributed by atoms with Gasteiger partial charge in [0.25, 0.3) is 5.85 Å². The van der Waals surface area contributed by atoms with Gasteiger partial charge in [-0.15, -0.1) is 0 Å². The zero-order valence-electron chi connectivity index (χ0n) is 62.0. The van der Waals surface area contributed by atoms with E-state index in [0.29, 0.717) is 11.1 Å². The van der Waals surface area contributed by atoms with Crippen LogP contribution in [0.4, 0.5) is 8.78 Å². The van der Waals surface area contributed by atoms with Crippen LogP contribution < -0.4 is 0 Å². The van der Waals surface area contributed by atoms with Gasteiger partial charge in [0.1, 0.15) is 61.2 Å². The Morgan fingerprint density at radius 2 is 0.802 bits per heavy atom. The topological polar surface area (TPSA) is 219 Å². The Hall–Kier alpha value is -8.43. The van der Waals surface area contributed by atoms with Crippen molar-refractivity contribution in [3.63, 3.8) is 0 Å². The number of carbonyl (C=O) groups is 2. The van der Waals surface area contributed by atoms with E-state index in [1.165, 1.54) is 6.92 Å². The Kier molecular flexibility index (Phi) is 33.6. The van der Waals surface area contributed by atoms with Gasteiger partial charge in [-0.3, -0.25) is 18.4 Å². The third-order valence-corrected chi connectivity index (χ3v) is 19.9. The Bertz CT molecular complexity index is 4130. The number of phosphoric ester groups is 1. The largest absolute Gasteiger partial charge is 0.475 e. The molecule has 7 unspecified atom stereocenters. The number of esters is 1. The highest BCUT2D eigenvalue weighted by Crippen LogP contribution is 2.55. The third kappa shape index (κ3) is 27.2. The number of aliphatic hydroxyl groups excluding tert-OH is 1. The first kappa shape index (κ1) is 83.5. The molecule has 2 aliphatic heterocycles. The average Bonchev–Trinajstić information content (AvgIpc) is 1.61. The molecule has 0 saturated carbocycles. The predicted octanol–water partition coefficient (Wildman–Crippen LogP) is 15.1. The van der Waals surface area contributed by atoms with Crippen LogP contribution in [0.3, 0.4) is 0 Å². The molecule has 23 heteroatoms. The van der Waals surface area contributed by atoms with Crippen molar-refractivity contribution in [3.05, 3.63) is 323 Å². The summed E-state index contributed by atoms with van der Waals surface area (Å²) in [5.41, 5.74) is 6.71. The van der Waals surface area contributed by atoms with Crippen molar-refractivity contribution in [2.75, 3.05) is 46.2 Å². The van der Waals surface area contributed by atoms with Crippen LogP contribution in [0.5, 0.6) is 0 Å². The summed E-state index contributed by atoms with van der Waals surface area (Å²) >= 11 is 0. The molecule has 9 aromatic carbocycles. The maximum atomic E-state index is 19.2. The minimum Gasteiger partial charge on any atom is -0.456 e. The number of alkyl halides is 2. The first-order valence-corrected chi connectivity index (χ1v) is 38.7. The summed E-state index contributed by atoms with van der Waals surface area (Å²) < 4.78 is 157. The lowest BCUT2D eigenvalue weighted by molar-refractivity contribution is -0.230. The van der Waals surface area contributed by atoms with E-state index >= 15 is 13.3 Å². The fourth-order valence-electron chi connectivity index (χ4n) is 12.4. The second-order valence-electron chi connectivity index (χ2n) is 27.0. The Morgan fingerprint density at radius 3 is 1.21 bits per heavy atom. The first-order chi connectivity index (χ1) is 54.3. The molecule has 2 saturated heterocycles. The number of Topliss-reactive ketones (excluding diaryl/α,β-unsaturated/α-hetero) is 1. The van der Waals surface area contributed by atoms with Gasteiger partial charge in [-0.2, -0.15) is 0 Å². The standard InChI is InChI=1S/C88H97F2O20P/c1-65(92)47-48-81(93)109-85-79(59-95-50-66-29-11-2-12-30-66)108-87(82(85)89)103-61-76(98-53-69-35-17-5-18-36-69)84(102-57-73-43-25-9-26-44-73)78(100-55-71-39-21-7-22-40-71)63-107-111(94,106-58-74-45-27-10-28-46-74)110-86-80(60-96-51-67-31-13-3-14-32-67)104-64-88(86,90)105-62-77(99-54-70-37-19-6-20-38-70)83(101-56-72-41-23-8-24-42-72)75(49-91)97-52-68-33-15-4-16-34-68/h2-46,75-80,82-87,91H,47-64H2,1H3/t75?,76?,77?,78?,79-,80-,82+,83?,84?,85+,86+,87-,88-,111?/m1/s1. The van der Waals surface area contributed by atoms with E-state index in [0.717, 1.165) is 38.9 Å². The molecule has 20 nitrogen and oxygen atoms in total. The zero-order chi connectivity index (χ0) is 77.1. The van der Waals surface area contributed by atoms with E-state index < -0.39 is 126 Å². The molecule has 0 aliphatic carbocycles. The smallest absolute Gasteiger partial charge is 0.456 e. The lowest BCUT2D eigenvalue weighted by atomic mass is 10.1. The fraction of sp³-hybridized carbons (Fsp3) is 0.364. The molecule has 588 valence electrons. The van der Waals surface area contributed by atoms with Gasteiger partial charge < -0.3 is 71.5 Å².